The van der Waals surface area contributed by atoms with E-state index >= 15 is 0 Å². The molecule has 0 spiro atoms. The number of rotatable bonds is 4. The van der Waals surface area contributed by atoms with Crippen molar-refractivity contribution in [2.75, 3.05) is 18.5 Å². The van der Waals surface area contributed by atoms with E-state index in [-0.39, 0.29) is 18.2 Å². The van der Waals surface area contributed by atoms with Crippen molar-refractivity contribution in [1.29, 1.82) is 0 Å². The summed E-state index contributed by atoms with van der Waals surface area (Å²) in [5.41, 5.74) is 1.44. The van der Waals surface area contributed by atoms with Crippen LogP contribution in [0, 0.1) is 6.92 Å². The summed E-state index contributed by atoms with van der Waals surface area (Å²) in [5, 5.41) is 0.547. The molecule has 4 nitrogen and oxygen atoms in total. The first kappa shape index (κ1) is 14.8. The van der Waals surface area contributed by atoms with Crippen LogP contribution in [0.3, 0.4) is 0 Å². The van der Waals surface area contributed by atoms with Crippen LogP contribution in [0.4, 0.5) is 5.69 Å². The van der Waals surface area contributed by atoms with Gasteiger partial charge in [-0.3, -0.25) is 14.5 Å². The topological polar surface area (TPSA) is 40.6 Å². The second-order valence-corrected chi connectivity index (χ2v) is 5.36. The lowest BCUT2D eigenvalue weighted by Crippen LogP contribution is -2.40. The van der Waals surface area contributed by atoms with E-state index in [1.165, 1.54) is 4.90 Å². The van der Waals surface area contributed by atoms with Crippen LogP contribution in [0.2, 0.25) is 5.02 Å². The number of carbonyl (C=O) groups excluding carboxylic acids is 2. The summed E-state index contributed by atoms with van der Waals surface area (Å²) in [6.07, 6.45) is 1.90. The third-order valence-electron chi connectivity index (χ3n) is 3.49. The fraction of sp³-hybridized carbons (Fsp3) is 0.333. The zero-order valence-corrected chi connectivity index (χ0v) is 12.4. The van der Waals surface area contributed by atoms with Gasteiger partial charge in [0.1, 0.15) is 0 Å². The quantitative estimate of drug-likeness (QED) is 0.632. The normalized spacial score (nSPS) is 19.0. The van der Waals surface area contributed by atoms with Crippen molar-refractivity contribution < 1.29 is 9.59 Å². The fourth-order valence-electron chi connectivity index (χ4n) is 2.28. The number of imide groups is 1. The third kappa shape index (κ3) is 2.62. The highest BCUT2D eigenvalue weighted by atomic mass is 35.5. The number of hydrogen-bond donors (Lipinski definition) is 0. The van der Waals surface area contributed by atoms with E-state index in [0.29, 0.717) is 17.3 Å². The third-order valence-corrected chi connectivity index (χ3v) is 3.89. The predicted molar refractivity (Wildman–Crippen MR) is 79.9 cm³/mol. The Morgan fingerprint density at radius 2 is 2.20 bits per heavy atom. The van der Waals surface area contributed by atoms with Crippen molar-refractivity contribution in [3.8, 4) is 0 Å². The number of anilines is 1. The molecule has 5 heteroatoms. The minimum atomic E-state index is -0.430. The molecule has 106 valence electrons. The Morgan fingerprint density at radius 3 is 2.80 bits per heavy atom. The van der Waals surface area contributed by atoms with Gasteiger partial charge in [-0.25, -0.2) is 4.90 Å². The molecule has 1 atom stereocenters. The first-order valence-electron chi connectivity index (χ1n) is 6.39. The molecule has 0 aromatic heterocycles. The first-order chi connectivity index (χ1) is 9.45. The van der Waals surface area contributed by atoms with E-state index < -0.39 is 6.04 Å². The maximum atomic E-state index is 12.4. The minimum Gasteiger partial charge on any atom is -0.291 e. The Morgan fingerprint density at radius 1 is 1.50 bits per heavy atom. The highest BCUT2D eigenvalue weighted by Crippen LogP contribution is 2.28. The Hall–Kier alpha value is -1.65. The number of aryl methyl sites for hydroxylation is 1. The highest BCUT2D eigenvalue weighted by Gasteiger charge is 2.41. The maximum absolute atomic E-state index is 12.4. The van der Waals surface area contributed by atoms with E-state index in [9.17, 15) is 9.59 Å². The summed E-state index contributed by atoms with van der Waals surface area (Å²) in [5.74, 6) is -0.407. The second kappa shape index (κ2) is 5.77. The molecule has 2 amide bonds. The van der Waals surface area contributed by atoms with Gasteiger partial charge >= 0.3 is 0 Å². The lowest BCUT2D eigenvalue weighted by atomic mass is 10.2. The van der Waals surface area contributed by atoms with E-state index in [1.54, 1.807) is 24.3 Å². The van der Waals surface area contributed by atoms with Crippen LogP contribution in [0.1, 0.15) is 12.0 Å². The standard InChI is InChI=1S/C15H17ClN2O2/c1-4-7-17(3)13-9-14(19)18(15(13)20)11-6-5-10(2)12(16)8-11/h4-6,8,13H,1,7,9H2,2-3H3. The number of amides is 2. The molecule has 0 aliphatic carbocycles. The van der Waals surface area contributed by atoms with Gasteiger partial charge in [-0.2, -0.15) is 0 Å². The molecule has 1 aromatic rings. The molecule has 1 aliphatic heterocycles. The van der Waals surface area contributed by atoms with E-state index in [1.807, 2.05) is 18.9 Å². The van der Waals surface area contributed by atoms with Crippen molar-refractivity contribution in [3.63, 3.8) is 0 Å². The van der Waals surface area contributed by atoms with Crippen LogP contribution in [-0.2, 0) is 9.59 Å². The molecule has 1 saturated heterocycles. The zero-order chi connectivity index (χ0) is 14.9. The van der Waals surface area contributed by atoms with Crippen LogP contribution in [0.15, 0.2) is 30.9 Å². The van der Waals surface area contributed by atoms with Gasteiger partial charge in [0.2, 0.25) is 5.91 Å². The zero-order valence-electron chi connectivity index (χ0n) is 11.6. The van der Waals surface area contributed by atoms with Crippen molar-refractivity contribution in [2.24, 2.45) is 0 Å². The largest absolute Gasteiger partial charge is 0.291 e. The van der Waals surface area contributed by atoms with Crippen molar-refractivity contribution in [3.05, 3.63) is 41.4 Å². The van der Waals surface area contributed by atoms with Crippen LogP contribution in [0.5, 0.6) is 0 Å². The van der Waals surface area contributed by atoms with Gasteiger partial charge in [-0.1, -0.05) is 23.7 Å². The molecule has 1 heterocycles. The van der Waals surface area contributed by atoms with Gasteiger partial charge in [0.25, 0.3) is 5.91 Å². The lowest BCUT2D eigenvalue weighted by Gasteiger charge is -2.21. The van der Waals surface area contributed by atoms with Gasteiger partial charge in [-0.05, 0) is 31.7 Å². The van der Waals surface area contributed by atoms with Gasteiger partial charge in [0.15, 0.2) is 0 Å². The number of likely N-dealkylation sites (N-methyl/N-ethyl adjacent to an activating group) is 1. The smallest absolute Gasteiger partial charge is 0.251 e. The monoisotopic (exact) mass is 292 g/mol. The first-order valence-corrected chi connectivity index (χ1v) is 6.77. The fourth-order valence-corrected chi connectivity index (χ4v) is 2.46. The van der Waals surface area contributed by atoms with Gasteiger partial charge in [0.05, 0.1) is 18.2 Å². The molecule has 0 bridgehead atoms. The van der Waals surface area contributed by atoms with Crippen LogP contribution < -0.4 is 4.90 Å². The Bertz CT molecular complexity index is 571. The Kier molecular flexibility index (Phi) is 4.26. The molecule has 20 heavy (non-hydrogen) atoms. The van der Waals surface area contributed by atoms with Crippen molar-refractivity contribution in [1.82, 2.24) is 4.90 Å². The van der Waals surface area contributed by atoms with Crippen LogP contribution >= 0.6 is 11.6 Å². The summed E-state index contributed by atoms with van der Waals surface area (Å²) in [7, 11) is 1.81. The molecule has 0 radical (unpaired) electrons. The molecule has 2 rings (SSSR count). The number of hydrogen-bond acceptors (Lipinski definition) is 3. The average molecular weight is 293 g/mol. The number of nitrogens with zero attached hydrogens (tertiary/aromatic N) is 2. The summed E-state index contributed by atoms with van der Waals surface area (Å²) in [4.78, 5) is 27.6. The molecule has 1 unspecified atom stereocenters. The molecular weight excluding hydrogens is 276 g/mol. The SMILES string of the molecule is C=CCN(C)C1CC(=O)N(c2ccc(C)c(Cl)c2)C1=O. The van der Waals surface area contributed by atoms with Gasteiger partial charge in [-0.15, -0.1) is 6.58 Å². The van der Waals surface area contributed by atoms with E-state index in [0.717, 1.165) is 5.56 Å². The minimum absolute atomic E-state index is 0.189. The highest BCUT2D eigenvalue weighted by molar-refractivity contribution is 6.32. The number of benzene rings is 1. The van der Waals surface area contributed by atoms with Crippen molar-refractivity contribution >= 4 is 29.1 Å². The summed E-state index contributed by atoms with van der Waals surface area (Å²) in [6, 6.07) is 4.77. The maximum Gasteiger partial charge on any atom is 0.251 e. The molecule has 0 saturated carbocycles. The van der Waals surface area contributed by atoms with Gasteiger partial charge < -0.3 is 0 Å². The summed E-state index contributed by atoms with van der Waals surface area (Å²) in [6.45, 7) is 6.08. The Balaban J connectivity index is 2.28. The average Bonchev–Trinajstić information content (AvgIpc) is 2.69. The number of halogens is 1. The lowest BCUT2D eigenvalue weighted by molar-refractivity contribution is -0.122. The van der Waals surface area contributed by atoms with Crippen molar-refractivity contribution in [2.45, 2.75) is 19.4 Å². The molecule has 1 aliphatic rings. The van der Waals surface area contributed by atoms with E-state index in [4.69, 9.17) is 11.6 Å². The number of carbonyl (C=O) groups is 2. The predicted octanol–water partition coefficient (Wildman–Crippen LogP) is 2.40. The molecule has 1 aromatic carbocycles. The molecular formula is C15H17ClN2O2. The van der Waals surface area contributed by atoms with Crippen LogP contribution in [0.25, 0.3) is 0 Å². The summed E-state index contributed by atoms with van der Waals surface area (Å²) >= 11 is 6.06. The van der Waals surface area contributed by atoms with E-state index in [2.05, 4.69) is 6.58 Å². The molecule has 0 N–H and O–H groups in total. The Labute approximate surface area is 123 Å². The van der Waals surface area contributed by atoms with Gasteiger partial charge in [0, 0.05) is 11.6 Å². The van der Waals surface area contributed by atoms with Crippen LogP contribution in [-0.4, -0.2) is 36.3 Å². The second-order valence-electron chi connectivity index (χ2n) is 4.95. The summed E-state index contributed by atoms with van der Waals surface area (Å²) < 4.78 is 0. The molecule has 1 fully saturated rings.